The van der Waals surface area contributed by atoms with E-state index in [1.807, 2.05) is 53.4 Å². The van der Waals surface area contributed by atoms with Gasteiger partial charge in [-0.3, -0.25) is 9.69 Å². The van der Waals surface area contributed by atoms with Crippen molar-refractivity contribution in [1.29, 1.82) is 0 Å². The molecule has 3 aromatic rings. The van der Waals surface area contributed by atoms with Gasteiger partial charge in [-0.25, -0.2) is 4.98 Å². The lowest BCUT2D eigenvalue weighted by atomic mass is 10.1. The third-order valence-electron chi connectivity index (χ3n) is 5.07. The van der Waals surface area contributed by atoms with Crippen LogP contribution in [0.25, 0.3) is 11.3 Å². The number of ether oxygens (including phenoxy) is 1. The molecule has 6 heteroatoms. The van der Waals surface area contributed by atoms with E-state index in [0.717, 1.165) is 54.2 Å². The first-order valence-corrected chi connectivity index (χ1v) is 10.3. The summed E-state index contributed by atoms with van der Waals surface area (Å²) in [7, 11) is 1.67. The number of anilines is 1. The molecule has 0 bridgehead atoms. The number of likely N-dealkylation sites (tertiary alicyclic amines) is 1. The van der Waals surface area contributed by atoms with Crippen molar-refractivity contribution in [3.8, 4) is 17.0 Å². The molecule has 0 saturated carbocycles. The number of methoxy groups -OCH3 is 1. The Morgan fingerprint density at radius 1 is 1.29 bits per heavy atom. The van der Waals surface area contributed by atoms with Gasteiger partial charge in [0.2, 0.25) is 5.91 Å². The fourth-order valence-electron chi connectivity index (χ4n) is 3.62. The fraction of sp³-hybridized carbons (Fsp3) is 0.273. The highest BCUT2D eigenvalue weighted by Crippen LogP contribution is 2.25. The number of thiazole rings is 1. The summed E-state index contributed by atoms with van der Waals surface area (Å²) in [4.78, 5) is 19.4. The largest absolute Gasteiger partial charge is 0.497 e. The summed E-state index contributed by atoms with van der Waals surface area (Å²) >= 11 is 1.57. The number of carbonyl (C=O) groups excluding carboxylic acids is 1. The Kier molecular flexibility index (Phi) is 5.69. The van der Waals surface area contributed by atoms with Gasteiger partial charge in [0.15, 0.2) is 0 Å². The summed E-state index contributed by atoms with van der Waals surface area (Å²) in [6.45, 7) is 1.68. The van der Waals surface area contributed by atoms with Crippen LogP contribution in [0, 0.1) is 0 Å². The Bertz CT molecular complexity index is 925. The van der Waals surface area contributed by atoms with Crippen LogP contribution in [0.5, 0.6) is 5.75 Å². The van der Waals surface area contributed by atoms with Crippen LogP contribution in [0.1, 0.15) is 18.4 Å². The molecule has 1 aliphatic rings. The maximum absolute atomic E-state index is 12.9. The van der Waals surface area contributed by atoms with Crippen molar-refractivity contribution in [3.05, 3.63) is 65.0 Å². The van der Waals surface area contributed by atoms with E-state index in [2.05, 4.69) is 21.3 Å². The number of aromatic nitrogens is 1. The van der Waals surface area contributed by atoms with Gasteiger partial charge in [-0.1, -0.05) is 24.3 Å². The van der Waals surface area contributed by atoms with Crippen LogP contribution in [0.4, 0.5) is 5.69 Å². The lowest BCUT2D eigenvalue weighted by Crippen LogP contribution is -2.39. The standard InChI is InChI=1S/C22H23N3O2S/c1-27-19-5-2-4-16(12-19)13-25-11-3-6-21(25)22(26)24-18-9-7-17(8-10-18)20-14-28-15-23-20/h2,4-5,7-10,12,14-15,21H,3,6,11,13H2,1H3,(H,24,26). The molecule has 0 spiro atoms. The van der Waals surface area contributed by atoms with E-state index in [-0.39, 0.29) is 11.9 Å². The molecule has 2 heterocycles. The molecule has 1 aliphatic heterocycles. The van der Waals surface area contributed by atoms with E-state index >= 15 is 0 Å². The first-order chi connectivity index (χ1) is 13.7. The predicted molar refractivity (Wildman–Crippen MR) is 113 cm³/mol. The molecule has 1 fully saturated rings. The molecule has 0 aliphatic carbocycles. The van der Waals surface area contributed by atoms with Crippen molar-refractivity contribution in [1.82, 2.24) is 9.88 Å². The van der Waals surface area contributed by atoms with Crippen molar-refractivity contribution >= 4 is 22.9 Å². The monoisotopic (exact) mass is 393 g/mol. The molecule has 0 radical (unpaired) electrons. The van der Waals surface area contributed by atoms with Gasteiger partial charge in [-0.2, -0.15) is 0 Å². The van der Waals surface area contributed by atoms with Gasteiger partial charge >= 0.3 is 0 Å². The van der Waals surface area contributed by atoms with Gasteiger partial charge in [0.05, 0.1) is 24.4 Å². The van der Waals surface area contributed by atoms with Crippen molar-refractivity contribution in [2.45, 2.75) is 25.4 Å². The van der Waals surface area contributed by atoms with Gasteiger partial charge < -0.3 is 10.1 Å². The average molecular weight is 394 g/mol. The first-order valence-electron chi connectivity index (χ1n) is 9.39. The molecule has 28 heavy (non-hydrogen) atoms. The zero-order chi connectivity index (χ0) is 19.3. The Hall–Kier alpha value is -2.70. The minimum absolute atomic E-state index is 0.0572. The van der Waals surface area contributed by atoms with E-state index in [0.29, 0.717) is 0 Å². The molecular weight excluding hydrogens is 370 g/mol. The lowest BCUT2D eigenvalue weighted by Gasteiger charge is -2.24. The molecule has 4 rings (SSSR count). The number of benzene rings is 2. The molecular formula is C22H23N3O2S. The molecule has 1 aromatic heterocycles. The van der Waals surface area contributed by atoms with E-state index in [9.17, 15) is 4.79 Å². The lowest BCUT2D eigenvalue weighted by molar-refractivity contribution is -0.120. The predicted octanol–water partition coefficient (Wildman–Crippen LogP) is 4.42. The molecule has 1 amide bonds. The van der Waals surface area contributed by atoms with Crippen LogP contribution in [0.15, 0.2) is 59.4 Å². The van der Waals surface area contributed by atoms with Crippen molar-refractivity contribution in [2.75, 3.05) is 19.0 Å². The Balaban J connectivity index is 1.40. The summed E-state index contributed by atoms with van der Waals surface area (Å²) in [6, 6.07) is 15.8. The number of hydrogen-bond donors (Lipinski definition) is 1. The Morgan fingerprint density at radius 2 is 2.14 bits per heavy atom. The third kappa shape index (κ3) is 4.24. The number of rotatable bonds is 6. The zero-order valence-electron chi connectivity index (χ0n) is 15.8. The van der Waals surface area contributed by atoms with Crippen LogP contribution < -0.4 is 10.1 Å². The van der Waals surface area contributed by atoms with Crippen LogP contribution in [-0.2, 0) is 11.3 Å². The normalized spacial score (nSPS) is 16.8. The Morgan fingerprint density at radius 3 is 2.89 bits per heavy atom. The van der Waals surface area contributed by atoms with Crippen LogP contribution >= 0.6 is 11.3 Å². The fourth-order valence-corrected chi connectivity index (χ4v) is 4.18. The molecule has 1 atom stereocenters. The van der Waals surface area contributed by atoms with Gasteiger partial charge in [0, 0.05) is 23.2 Å². The number of amides is 1. The molecule has 144 valence electrons. The van der Waals surface area contributed by atoms with Crippen LogP contribution in [-0.4, -0.2) is 35.5 Å². The molecule has 1 unspecified atom stereocenters. The molecule has 5 nitrogen and oxygen atoms in total. The minimum Gasteiger partial charge on any atom is -0.497 e. The van der Waals surface area contributed by atoms with Crippen LogP contribution in [0.3, 0.4) is 0 Å². The van der Waals surface area contributed by atoms with Gasteiger partial charge in [0.25, 0.3) is 0 Å². The van der Waals surface area contributed by atoms with E-state index < -0.39 is 0 Å². The summed E-state index contributed by atoms with van der Waals surface area (Å²) in [6.07, 6.45) is 1.91. The topological polar surface area (TPSA) is 54.5 Å². The van der Waals surface area contributed by atoms with Crippen molar-refractivity contribution in [3.63, 3.8) is 0 Å². The minimum atomic E-state index is -0.107. The highest BCUT2D eigenvalue weighted by atomic mass is 32.1. The van der Waals surface area contributed by atoms with E-state index in [1.165, 1.54) is 0 Å². The number of nitrogens with one attached hydrogen (secondary N) is 1. The molecule has 1 saturated heterocycles. The van der Waals surface area contributed by atoms with E-state index in [1.54, 1.807) is 18.4 Å². The maximum atomic E-state index is 12.9. The highest BCUT2D eigenvalue weighted by molar-refractivity contribution is 7.07. The second kappa shape index (κ2) is 8.54. The van der Waals surface area contributed by atoms with Gasteiger partial charge in [-0.05, 0) is 49.2 Å². The number of hydrogen-bond acceptors (Lipinski definition) is 5. The van der Waals surface area contributed by atoms with Crippen LogP contribution in [0.2, 0.25) is 0 Å². The summed E-state index contributed by atoms with van der Waals surface area (Å²) in [5.74, 6) is 0.903. The van der Waals surface area contributed by atoms with Gasteiger partial charge in [0.1, 0.15) is 5.75 Å². The SMILES string of the molecule is COc1cccc(CN2CCCC2C(=O)Nc2ccc(-c3cscn3)cc2)c1. The average Bonchev–Trinajstić information content (AvgIpc) is 3.41. The third-order valence-corrected chi connectivity index (χ3v) is 5.65. The van der Waals surface area contributed by atoms with E-state index in [4.69, 9.17) is 4.74 Å². The smallest absolute Gasteiger partial charge is 0.241 e. The first kappa shape index (κ1) is 18.7. The van der Waals surface area contributed by atoms with Crippen molar-refractivity contribution < 1.29 is 9.53 Å². The second-order valence-corrected chi connectivity index (χ2v) is 7.64. The Labute approximate surface area is 169 Å². The summed E-state index contributed by atoms with van der Waals surface area (Å²) < 4.78 is 5.31. The zero-order valence-corrected chi connectivity index (χ0v) is 16.6. The van der Waals surface area contributed by atoms with Crippen molar-refractivity contribution in [2.24, 2.45) is 0 Å². The summed E-state index contributed by atoms with van der Waals surface area (Å²) in [5, 5.41) is 5.09. The highest BCUT2D eigenvalue weighted by Gasteiger charge is 2.30. The number of nitrogens with zero attached hydrogens (tertiary/aromatic N) is 2. The second-order valence-electron chi connectivity index (χ2n) is 6.92. The quantitative estimate of drug-likeness (QED) is 0.673. The van der Waals surface area contributed by atoms with Gasteiger partial charge in [-0.15, -0.1) is 11.3 Å². The maximum Gasteiger partial charge on any atom is 0.241 e. The summed E-state index contributed by atoms with van der Waals surface area (Å²) in [5.41, 5.74) is 5.81. The molecule has 1 N–H and O–H groups in total. The number of carbonyl (C=O) groups is 1. The molecule has 2 aromatic carbocycles.